The van der Waals surface area contributed by atoms with Gasteiger partial charge in [-0.05, 0) is 90.7 Å². The average molecular weight is 561 g/mol. The lowest BCUT2D eigenvalue weighted by molar-refractivity contribution is 0.240. The maximum absolute atomic E-state index is 8.41. The molecule has 168 valence electrons. The lowest BCUT2D eigenvalue weighted by Gasteiger charge is -2.46. The van der Waals surface area contributed by atoms with Crippen molar-refractivity contribution in [3.8, 4) is 0 Å². The average Bonchev–Trinajstić information content (AvgIpc) is 2.96. The van der Waals surface area contributed by atoms with Crippen LogP contribution in [0.1, 0.15) is 57.6 Å². The summed E-state index contributed by atoms with van der Waals surface area (Å²) in [5.41, 5.74) is 0. The molecule has 1 heterocycles. The zero-order chi connectivity index (χ0) is 57.4. The van der Waals surface area contributed by atoms with Crippen LogP contribution in [0.25, 0.3) is 0 Å². The zero-order valence-electron chi connectivity index (χ0n) is 55.4. The fraction of sp³-hybridized carbons (Fsp3) is 1.00. The summed E-state index contributed by atoms with van der Waals surface area (Å²) in [5.74, 6) is 0. The fourth-order valence-electron chi connectivity index (χ4n) is 1.56. The van der Waals surface area contributed by atoms with E-state index in [2.05, 4.69) is 0 Å². The highest BCUT2D eigenvalue weighted by molar-refractivity contribution is 6.93. The van der Waals surface area contributed by atoms with E-state index in [4.69, 9.17) is 86.4 Å². The molecule has 0 aromatic rings. The van der Waals surface area contributed by atoms with Crippen LogP contribution in [0.5, 0.6) is 0 Å². The molecule has 0 amide bonds. The van der Waals surface area contributed by atoms with Crippen LogP contribution in [0.4, 0.5) is 0 Å². The van der Waals surface area contributed by atoms with E-state index in [-0.39, 0.29) is 0 Å². The fourth-order valence-corrected chi connectivity index (χ4v) is 16.7. The molecule has 28 heavy (non-hydrogen) atoms. The van der Waals surface area contributed by atoms with Crippen LogP contribution >= 0.6 is 0 Å². The van der Waals surface area contributed by atoms with Gasteiger partial charge in [0.1, 0.15) is 0 Å². The molecule has 0 aromatic carbocycles. The van der Waals surface area contributed by atoms with Gasteiger partial charge in [-0.25, -0.2) is 0 Å². The lowest BCUT2D eigenvalue weighted by Crippen LogP contribution is -2.64. The van der Waals surface area contributed by atoms with Crippen LogP contribution in [-0.4, -0.2) is 59.9 Å². The van der Waals surface area contributed by atoms with Crippen molar-refractivity contribution in [3.05, 3.63) is 0 Å². The molecular weight excluding hydrogens is 477 g/mol. The van der Waals surface area contributed by atoms with Crippen molar-refractivity contribution in [2.24, 2.45) is 0 Å². The molecule has 0 saturated carbocycles. The van der Waals surface area contributed by atoms with Crippen molar-refractivity contribution in [2.45, 2.75) is 90.7 Å². The predicted octanol–water partition coefficient (Wildman–Crippen LogP) is 5.03. The zero-order valence-corrected chi connectivity index (χ0v) is 20.4. The second-order valence-corrected chi connectivity index (χ2v) is 19.4. The van der Waals surface area contributed by atoms with E-state index in [0.717, 1.165) is 0 Å². The van der Waals surface area contributed by atoms with Gasteiger partial charge in [-0.3, -0.25) is 0 Å². The third kappa shape index (κ3) is 10.0. The molecule has 0 aromatic heterocycles. The summed E-state index contributed by atoms with van der Waals surface area (Å²) < 4.78 is 389. The Bertz CT molecular complexity index is 1340. The second kappa shape index (κ2) is 8.30. The molecule has 0 spiro atoms. The number of hydrogen-bond donors (Lipinski definition) is 0. The van der Waals surface area contributed by atoms with Gasteiger partial charge in [-0.2, -0.15) is 0 Å². The summed E-state index contributed by atoms with van der Waals surface area (Å²) in [6, 6.07) is 0. The topological polar surface area (TPSA) is 64.6 Å². The normalized spacial score (nSPS) is 60.0. The molecule has 0 unspecified atom stereocenters. The van der Waals surface area contributed by atoms with Gasteiger partial charge in [-0.15, -0.1) is 0 Å². The van der Waals surface area contributed by atoms with Crippen LogP contribution in [0.3, 0.4) is 0 Å². The Morgan fingerprint density at radius 2 is 0.393 bits per heavy atom. The highest BCUT2D eigenvalue weighted by Crippen LogP contribution is 2.31. The summed E-state index contributed by atoms with van der Waals surface area (Å²) in [6.07, 6.45) is 0. The smallest absolute Gasteiger partial charge is 0.314 e. The molecule has 1 aliphatic heterocycles. The van der Waals surface area contributed by atoms with Crippen LogP contribution in [0, 0.1) is 0 Å². The van der Waals surface area contributed by atoms with Crippen molar-refractivity contribution in [1.82, 2.24) is 0 Å². The Morgan fingerprint density at radius 1 is 0.286 bits per heavy atom. The Hall–Kier alpha value is 1.24. The highest BCUT2D eigenvalue weighted by Gasteiger charge is 2.51. The van der Waals surface area contributed by atoms with Gasteiger partial charge < -0.3 is 28.8 Å². The van der Waals surface area contributed by atoms with Crippen LogP contribution < -0.4 is 0 Å². The van der Waals surface area contributed by atoms with E-state index >= 15 is 0 Å². The molecule has 0 radical (unpaired) electrons. The molecule has 0 bridgehead atoms. The quantitative estimate of drug-likeness (QED) is 0.385. The largest absolute Gasteiger partial charge is 0.416 e. The van der Waals surface area contributed by atoms with Gasteiger partial charge in [0.25, 0.3) is 0 Å². The molecule has 14 heteroatoms. The minimum Gasteiger partial charge on any atom is -0.416 e. The summed E-state index contributed by atoms with van der Waals surface area (Å²) in [5, 5.41) is 0. The summed E-state index contributed by atoms with van der Waals surface area (Å²) in [6.45, 7) is -73.0. The van der Waals surface area contributed by atoms with Gasteiger partial charge in [0.15, 0.2) is 0 Å². The second-order valence-electron chi connectivity index (χ2n) is 5.03. The Balaban J connectivity index is 6.15. The first-order valence-electron chi connectivity index (χ1n) is 27.4. The number of hydrogen-bond acceptors (Lipinski definition) is 7. The minimum atomic E-state index is -8.40. The SMILES string of the molecule is [2H]C([2H])([2H])[Si]1(C([2H])([2H])[2H])O[Si](C([2H])([2H])[2H])(C([2H])([2H])[2H])O[Si](C([2H])([2H])[2H])(C([2H])([2H])[2H])O[Si](C([2H])([2H])[2H])(C([2H])([2H])[2H])O[Si](C([2H])([2H])[2H])(C([2H])([2H])[2H])O[Si](C([2H])([2H])[2H])(C([2H])([2H])[2H])O[Si](C([2H])([2H])[2H])(C([2H])([2H])[2H])O1. The van der Waals surface area contributed by atoms with Crippen molar-refractivity contribution in [1.29, 1.82) is 0 Å². The van der Waals surface area contributed by atoms with Gasteiger partial charge >= 0.3 is 59.9 Å². The Kier molecular flexibility index (Phi) is 1.36. The summed E-state index contributed by atoms with van der Waals surface area (Å²) in [4.78, 5) is 0. The van der Waals surface area contributed by atoms with E-state index in [1.54, 1.807) is 0 Å². The minimum absolute atomic E-state index is 5.06. The highest BCUT2D eigenvalue weighted by atomic mass is 28.5. The van der Waals surface area contributed by atoms with Crippen LogP contribution in [0.15, 0.2) is 0 Å². The Labute approximate surface area is 239 Å². The van der Waals surface area contributed by atoms with Crippen molar-refractivity contribution >= 4 is 59.9 Å². The molecule has 0 aliphatic carbocycles. The standard InChI is InChI=1S/C14H42O7Si7/c1-22(2)15-23(3,4)17-25(7,8)19-27(11,12)21-28(13,14)20-26(9,10)18-24(5,6)16-22/h1-14H3/i1D3,2D3,3D3,4D3,5D3,6D3,7D3,8D3,9D3,10D3,11D3,12D3,13D3,14D3. The van der Waals surface area contributed by atoms with E-state index in [0.29, 0.717) is 0 Å². The predicted molar refractivity (Wildman–Crippen MR) is 130 cm³/mol. The first kappa shape index (κ1) is 4.59. The van der Waals surface area contributed by atoms with E-state index < -0.39 is 151 Å². The van der Waals surface area contributed by atoms with E-state index in [9.17, 15) is 0 Å². The monoisotopic (exact) mass is 560 g/mol. The van der Waals surface area contributed by atoms with Crippen molar-refractivity contribution < 1.29 is 86.4 Å². The first-order valence-corrected chi connectivity index (χ1v) is 19.1. The molecule has 1 saturated heterocycles. The molecule has 1 aliphatic rings. The van der Waals surface area contributed by atoms with Crippen molar-refractivity contribution in [3.63, 3.8) is 0 Å². The maximum atomic E-state index is 8.41. The van der Waals surface area contributed by atoms with Gasteiger partial charge in [-0.1, -0.05) is 0 Å². The Morgan fingerprint density at radius 3 is 0.464 bits per heavy atom. The van der Waals surface area contributed by atoms with Gasteiger partial charge in [0.2, 0.25) is 0 Å². The first-order chi connectivity index (χ1) is 29.4. The maximum Gasteiger partial charge on any atom is 0.314 e. The lowest BCUT2D eigenvalue weighted by atomic mass is 11.9. The van der Waals surface area contributed by atoms with Crippen LogP contribution in [-0.2, 0) is 28.8 Å². The van der Waals surface area contributed by atoms with Gasteiger partial charge in [0.05, 0.1) is 0 Å². The van der Waals surface area contributed by atoms with Gasteiger partial charge in [0, 0.05) is 57.6 Å². The van der Waals surface area contributed by atoms with Crippen LogP contribution in [0.2, 0.25) is 90.7 Å². The molecule has 1 rings (SSSR count). The third-order valence-corrected chi connectivity index (χ3v) is 18.1. The molecule has 0 N–H and O–H groups in total. The summed E-state index contributed by atoms with van der Waals surface area (Å²) in [7, 11) is -58.8. The molecule has 0 atom stereocenters. The molecule has 1 fully saturated rings. The summed E-state index contributed by atoms with van der Waals surface area (Å²) >= 11 is 0. The molecule has 7 nitrogen and oxygen atoms in total. The van der Waals surface area contributed by atoms with Crippen molar-refractivity contribution in [2.75, 3.05) is 0 Å². The van der Waals surface area contributed by atoms with E-state index in [1.165, 1.54) is 0 Å². The third-order valence-electron chi connectivity index (χ3n) is 2.01. The number of rotatable bonds is 0. The molecular formula is C14H42O7Si7. The van der Waals surface area contributed by atoms with E-state index in [1.807, 2.05) is 0 Å².